The molecule has 6 heteroatoms. The summed E-state index contributed by atoms with van der Waals surface area (Å²) >= 11 is 1.74. The van der Waals surface area contributed by atoms with E-state index >= 15 is 0 Å². The number of amides is 2. The molecule has 0 spiro atoms. The Labute approximate surface area is 158 Å². The largest absolute Gasteiger partial charge is 0.335 e. The lowest BCUT2D eigenvalue weighted by atomic mass is 10.2. The lowest BCUT2D eigenvalue weighted by molar-refractivity contribution is -0.134. The number of hydrogen-bond acceptors (Lipinski definition) is 4. The van der Waals surface area contributed by atoms with Crippen molar-refractivity contribution in [1.29, 1.82) is 0 Å². The van der Waals surface area contributed by atoms with Crippen molar-refractivity contribution in [1.82, 2.24) is 9.80 Å². The summed E-state index contributed by atoms with van der Waals surface area (Å²) < 4.78 is 0. The molecule has 1 fully saturated rings. The molecular weight excluding hydrogens is 346 g/mol. The molecule has 2 aromatic rings. The van der Waals surface area contributed by atoms with Gasteiger partial charge in [-0.2, -0.15) is 0 Å². The molecule has 0 radical (unpaired) electrons. The van der Waals surface area contributed by atoms with Gasteiger partial charge in [0.15, 0.2) is 0 Å². The Bertz CT molecular complexity index is 743. The van der Waals surface area contributed by atoms with Crippen LogP contribution in [0.15, 0.2) is 41.8 Å². The molecule has 1 N–H and O–H groups in total. The fraction of sp³-hybridized carbons (Fsp3) is 0.400. The maximum atomic E-state index is 12.6. The van der Waals surface area contributed by atoms with Crippen molar-refractivity contribution in [3.05, 3.63) is 52.2 Å². The van der Waals surface area contributed by atoms with Crippen LogP contribution in [0.25, 0.3) is 0 Å². The van der Waals surface area contributed by atoms with Crippen LogP contribution in [-0.4, -0.2) is 48.3 Å². The molecule has 0 saturated carbocycles. The van der Waals surface area contributed by atoms with E-state index in [1.54, 1.807) is 18.4 Å². The Morgan fingerprint density at radius 3 is 2.73 bits per heavy atom. The first-order valence-corrected chi connectivity index (χ1v) is 9.79. The van der Waals surface area contributed by atoms with Gasteiger partial charge in [0.2, 0.25) is 11.8 Å². The standard InChI is InChI=1S/C20H25N3O2S/c1-15-7-9-16(10-8-15)21-19(24)13-22(2)20(25)14-23-11-3-5-17(23)18-6-4-12-26-18/h4,6-10,12,17H,3,5,11,13-14H2,1-2H3,(H,21,24)/t17-/m1/s1. The highest BCUT2D eigenvalue weighted by Crippen LogP contribution is 2.34. The number of likely N-dealkylation sites (tertiary alicyclic amines) is 1. The van der Waals surface area contributed by atoms with E-state index in [4.69, 9.17) is 0 Å². The van der Waals surface area contributed by atoms with E-state index in [1.807, 2.05) is 31.2 Å². The first-order valence-electron chi connectivity index (χ1n) is 8.91. The zero-order chi connectivity index (χ0) is 18.5. The molecule has 1 aromatic carbocycles. The monoisotopic (exact) mass is 371 g/mol. The predicted molar refractivity (Wildman–Crippen MR) is 105 cm³/mol. The third kappa shape index (κ3) is 4.71. The van der Waals surface area contributed by atoms with E-state index in [1.165, 1.54) is 9.78 Å². The van der Waals surface area contributed by atoms with Gasteiger partial charge in [-0.15, -0.1) is 11.3 Å². The molecule has 1 aliphatic heterocycles. The third-order valence-corrected chi connectivity index (χ3v) is 5.69. The minimum atomic E-state index is -0.180. The number of carbonyl (C=O) groups is 2. The van der Waals surface area contributed by atoms with Gasteiger partial charge >= 0.3 is 0 Å². The van der Waals surface area contributed by atoms with Gasteiger partial charge in [0.25, 0.3) is 0 Å². The SMILES string of the molecule is Cc1ccc(NC(=O)CN(C)C(=O)CN2CCC[C@@H]2c2cccs2)cc1. The lowest BCUT2D eigenvalue weighted by Gasteiger charge is -2.25. The van der Waals surface area contributed by atoms with E-state index in [0.717, 1.165) is 30.6 Å². The van der Waals surface area contributed by atoms with Crippen molar-refractivity contribution in [3.8, 4) is 0 Å². The highest BCUT2D eigenvalue weighted by Gasteiger charge is 2.29. The van der Waals surface area contributed by atoms with Crippen LogP contribution in [0, 0.1) is 6.92 Å². The second-order valence-electron chi connectivity index (χ2n) is 6.81. The van der Waals surface area contributed by atoms with Crippen LogP contribution >= 0.6 is 11.3 Å². The van der Waals surface area contributed by atoms with Gasteiger partial charge in [-0.3, -0.25) is 14.5 Å². The fourth-order valence-corrected chi connectivity index (χ4v) is 4.15. The number of anilines is 1. The maximum absolute atomic E-state index is 12.6. The third-order valence-electron chi connectivity index (χ3n) is 4.72. The number of hydrogen-bond donors (Lipinski definition) is 1. The van der Waals surface area contributed by atoms with E-state index < -0.39 is 0 Å². The maximum Gasteiger partial charge on any atom is 0.243 e. The molecule has 1 saturated heterocycles. The Morgan fingerprint density at radius 2 is 2.04 bits per heavy atom. The van der Waals surface area contributed by atoms with Crippen LogP contribution in [0.2, 0.25) is 0 Å². The summed E-state index contributed by atoms with van der Waals surface area (Å²) in [6.45, 7) is 3.35. The molecule has 0 aliphatic carbocycles. The Balaban J connectivity index is 1.51. The van der Waals surface area contributed by atoms with Crippen LogP contribution in [0.3, 0.4) is 0 Å². The second-order valence-corrected chi connectivity index (χ2v) is 7.79. The first kappa shape index (κ1) is 18.6. The number of benzene rings is 1. The molecule has 26 heavy (non-hydrogen) atoms. The number of thiophene rings is 1. The summed E-state index contributed by atoms with van der Waals surface area (Å²) in [6.07, 6.45) is 2.19. The van der Waals surface area contributed by atoms with Gasteiger partial charge in [-0.25, -0.2) is 0 Å². The number of aryl methyl sites for hydroxylation is 1. The van der Waals surface area contributed by atoms with E-state index in [0.29, 0.717) is 12.6 Å². The summed E-state index contributed by atoms with van der Waals surface area (Å²) in [5.41, 5.74) is 1.89. The highest BCUT2D eigenvalue weighted by atomic mass is 32.1. The fourth-order valence-electron chi connectivity index (χ4n) is 3.25. The normalized spacial score (nSPS) is 17.2. The zero-order valence-corrected chi connectivity index (χ0v) is 16.1. The van der Waals surface area contributed by atoms with Gasteiger partial charge < -0.3 is 10.2 Å². The molecule has 1 atom stereocenters. The molecule has 1 aromatic heterocycles. The molecule has 2 amide bonds. The Morgan fingerprint density at radius 1 is 1.27 bits per heavy atom. The van der Waals surface area contributed by atoms with E-state index in [-0.39, 0.29) is 18.4 Å². The van der Waals surface area contributed by atoms with Gasteiger partial charge in [0, 0.05) is 23.7 Å². The number of likely N-dealkylation sites (N-methyl/N-ethyl adjacent to an activating group) is 1. The molecular formula is C20H25N3O2S. The smallest absolute Gasteiger partial charge is 0.243 e. The number of nitrogens with zero attached hydrogens (tertiary/aromatic N) is 2. The zero-order valence-electron chi connectivity index (χ0n) is 15.3. The summed E-state index contributed by atoms with van der Waals surface area (Å²) in [5, 5.41) is 4.91. The lowest BCUT2D eigenvalue weighted by Crippen LogP contribution is -2.41. The van der Waals surface area contributed by atoms with E-state index in [2.05, 4.69) is 27.7 Å². The predicted octanol–water partition coefficient (Wildman–Crippen LogP) is 3.29. The van der Waals surface area contributed by atoms with Crippen LogP contribution in [0.1, 0.15) is 29.3 Å². The number of carbonyl (C=O) groups excluding carboxylic acids is 2. The Kier molecular flexibility index (Phi) is 6.06. The minimum absolute atomic E-state index is 0.0208. The van der Waals surface area contributed by atoms with Crippen LogP contribution in [0.5, 0.6) is 0 Å². The highest BCUT2D eigenvalue weighted by molar-refractivity contribution is 7.10. The summed E-state index contributed by atoms with van der Waals surface area (Å²) in [5.74, 6) is -0.201. The average Bonchev–Trinajstić information content (AvgIpc) is 3.28. The molecule has 5 nitrogen and oxygen atoms in total. The van der Waals surface area contributed by atoms with Crippen molar-refractivity contribution < 1.29 is 9.59 Å². The van der Waals surface area contributed by atoms with Gasteiger partial charge in [-0.1, -0.05) is 23.8 Å². The quantitative estimate of drug-likeness (QED) is 0.848. The van der Waals surface area contributed by atoms with Crippen molar-refractivity contribution in [3.63, 3.8) is 0 Å². The molecule has 0 unspecified atom stereocenters. The molecule has 0 bridgehead atoms. The first-order chi connectivity index (χ1) is 12.5. The topological polar surface area (TPSA) is 52.7 Å². The average molecular weight is 372 g/mol. The van der Waals surface area contributed by atoms with Crippen LogP contribution < -0.4 is 5.32 Å². The van der Waals surface area contributed by atoms with Crippen molar-refractivity contribution >= 4 is 28.8 Å². The second kappa shape index (κ2) is 8.47. The molecule has 3 rings (SSSR count). The van der Waals surface area contributed by atoms with Gasteiger partial charge in [0.05, 0.1) is 13.1 Å². The Hall–Kier alpha value is -2.18. The molecule has 2 heterocycles. The number of nitrogens with one attached hydrogen (secondary N) is 1. The van der Waals surface area contributed by atoms with Crippen molar-refractivity contribution in [2.75, 3.05) is 32.0 Å². The van der Waals surface area contributed by atoms with Crippen LogP contribution in [0.4, 0.5) is 5.69 Å². The van der Waals surface area contributed by atoms with Crippen molar-refractivity contribution in [2.45, 2.75) is 25.8 Å². The summed E-state index contributed by atoms with van der Waals surface area (Å²) in [7, 11) is 1.69. The van der Waals surface area contributed by atoms with Crippen LogP contribution in [-0.2, 0) is 9.59 Å². The number of rotatable bonds is 6. The van der Waals surface area contributed by atoms with Gasteiger partial charge in [0.1, 0.15) is 0 Å². The summed E-state index contributed by atoms with van der Waals surface area (Å²) in [4.78, 5) is 29.8. The van der Waals surface area contributed by atoms with Crippen molar-refractivity contribution in [2.24, 2.45) is 0 Å². The van der Waals surface area contributed by atoms with Gasteiger partial charge in [-0.05, 0) is 49.9 Å². The minimum Gasteiger partial charge on any atom is -0.335 e. The van der Waals surface area contributed by atoms with E-state index in [9.17, 15) is 9.59 Å². The summed E-state index contributed by atoms with van der Waals surface area (Å²) in [6, 6.07) is 12.1. The molecule has 1 aliphatic rings. The molecule has 138 valence electrons.